The highest BCUT2D eigenvalue weighted by Gasteiger charge is 2.27. The van der Waals surface area contributed by atoms with Crippen molar-refractivity contribution in [2.24, 2.45) is 0 Å². The molecule has 9 heteroatoms. The van der Waals surface area contributed by atoms with E-state index in [1.54, 1.807) is 47.4 Å². The van der Waals surface area contributed by atoms with Crippen LogP contribution in [0.15, 0.2) is 71.1 Å². The van der Waals surface area contributed by atoms with E-state index in [0.29, 0.717) is 18.9 Å². The number of halogens is 2. The number of β-amino-alcohol motifs (C(OH)–C–C–N with tert-alkyl or cyclic N) is 1. The molecule has 0 spiro atoms. The second-order valence-electron chi connectivity index (χ2n) is 9.35. The fourth-order valence-electron chi connectivity index (χ4n) is 4.83. The molecule has 3 aromatic carbocycles. The maximum absolute atomic E-state index is 13.6. The van der Waals surface area contributed by atoms with Gasteiger partial charge in [-0.05, 0) is 60.5 Å². The van der Waals surface area contributed by atoms with Gasteiger partial charge < -0.3 is 9.84 Å². The molecule has 38 heavy (non-hydrogen) atoms. The lowest BCUT2D eigenvalue weighted by atomic mass is 9.96. The zero-order valence-electron chi connectivity index (χ0n) is 21.2. The molecule has 1 atom stereocenters. The maximum Gasteiger partial charge on any atom is 0.151 e. The molecule has 0 amide bonds. The van der Waals surface area contributed by atoms with Crippen molar-refractivity contribution in [1.29, 1.82) is 0 Å². The van der Waals surface area contributed by atoms with Crippen molar-refractivity contribution >= 4 is 33.3 Å². The molecule has 4 aromatic rings. The van der Waals surface area contributed by atoms with E-state index in [1.807, 2.05) is 25.1 Å². The summed E-state index contributed by atoms with van der Waals surface area (Å²) in [5, 5.41) is 10.7. The first-order valence-corrected chi connectivity index (χ1v) is 14.6. The molecule has 1 aliphatic heterocycles. The Morgan fingerprint density at radius 3 is 2.18 bits per heavy atom. The summed E-state index contributed by atoms with van der Waals surface area (Å²) < 4.78 is 34.8. The number of thiazole rings is 1. The van der Waals surface area contributed by atoms with Crippen LogP contribution in [0.2, 0.25) is 0 Å². The highest BCUT2D eigenvalue weighted by atomic mass is 32.2. The number of benzene rings is 3. The molecular formula is C29H31F2N3O2S2. The van der Waals surface area contributed by atoms with Crippen LogP contribution in [0.1, 0.15) is 24.1 Å². The molecular weight excluding hydrogens is 524 g/mol. The van der Waals surface area contributed by atoms with Crippen molar-refractivity contribution in [3.63, 3.8) is 0 Å². The Bertz CT molecular complexity index is 1280. The fourth-order valence-corrected chi connectivity index (χ4v) is 6.87. The predicted octanol–water partition coefficient (Wildman–Crippen LogP) is 5.83. The maximum atomic E-state index is 13.6. The van der Waals surface area contributed by atoms with Gasteiger partial charge in [0.15, 0.2) is 4.34 Å². The number of nitrogens with zero attached hydrogens (tertiary/aromatic N) is 3. The van der Waals surface area contributed by atoms with Crippen LogP contribution in [0, 0.1) is 11.6 Å². The molecule has 1 fully saturated rings. The van der Waals surface area contributed by atoms with Crippen LogP contribution in [0.3, 0.4) is 0 Å². The van der Waals surface area contributed by atoms with Gasteiger partial charge in [-0.1, -0.05) is 36.0 Å². The average Bonchev–Trinajstić information content (AvgIpc) is 3.33. The Morgan fingerprint density at radius 1 is 0.947 bits per heavy atom. The van der Waals surface area contributed by atoms with Crippen LogP contribution in [-0.4, -0.2) is 71.1 Å². The van der Waals surface area contributed by atoms with Gasteiger partial charge in [0.2, 0.25) is 0 Å². The van der Waals surface area contributed by atoms with Gasteiger partial charge in [-0.15, -0.1) is 11.3 Å². The lowest BCUT2D eigenvalue weighted by Crippen LogP contribution is -2.50. The molecule has 200 valence electrons. The smallest absolute Gasteiger partial charge is 0.151 e. The summed E-state index contributed by atoms with van der Waals surface area (Å²) in [5.74, 6) is 0.876. The standard InChI is InChI=1S/C29H31F2N3O2S2/c1-2-36-25-11-12-26-27(17-25)38-29(32-26)37-19-24(35)18-33-13-15-34(16-14-33)28(20-3-7-22(30)8-4-20)21-5-9-23(31)10-6-21/h3-12,17,24,28,35H,2,13-16,18-19H2,1H3. The molecule has 0 saturated carbocycles. The molecule has 1 aliphatic rings. The molecule has 1 saturated heterocycles. The molecule has 0 bridgehead atoms. The molecule has 1 unspecified atom stereocenters. The monoisotopic (exact) mass is 555 g/mol. The summed E-state index contributed by atoms with van der Waals surface area (Å²) in [6.45, 7) is 6.39. The number of ether oxygens (including phenoxy) is 1. The van der Waals surface area contributed by atoms with Crippen LogP contribution in [0.4, 0.5) is 8.78 Å². The Hall–Kier alpha value is -2.56. The van der Waals surface area contributed by atoms with E-state index >= 15 is 0 Å². The summed E-state index contributed by atoms with van der Waals surface area (Å²) in [7, 11) is 0. The van der Waals surface area contributed by atoms with Gasteiger partial charge in [0.1, 0.15) is 17.4 Å². The molecule has 1 aromatic heterocycles. The normalized spacial score (nSPS) is 15.8. The highest BCUT2D eigenvalue weighted by molar-refractivity contribution is 8.01. The predicted molar refractivity (Wildman–Crippen MR) is 150 cm³/mol. The Morgan fingerprint density at radius 2 is 1.58 bits per heavy atom. The van der Waals surface area contributed by atoms with Crippen molar-refractivity contribution in [2.45, 2.75) is 23.4 Å². The first kappa shape index (κ1) is 27.0. The van der Waals surface area contributed by atoms with Crippen LogP contribution in [-0.2, 0) is 0 Å². The van der Waals surface area contributed by atoms with Gasteiger partial charge in [0.25, 0.3) is 0 Å². The average molecular weight is 556 g/mol. The Balaban J connectivity index is 1.16. The zero-order valence-corrected chi connectivity index (χ0v) is 22.9. The van der Waals surface area contributed by atoms with Gasteiger partial charge in [-0.3, -0.25) is 9.80 Å². The molecule has 5 rings (SSSR count). The second-order valence-corrected chi connectivity index (χ2v) is 11.6. The molecule has 0 aliphatic carbocycles. The summed E-state index contributed by atoms with van der Waals surface area (Å²) in [6, 6.07) is 18.9. The second kappa shape index (κ2) is 12.5. The number of hydrogen-bond donors (Lipinski definition) is 1. The van der Waals surface area contributed by atoms with Crippen molar-refractivity contribution in [1.82, 2.24) is 14.8 Å². The summed E-state index contributed by atoms with van der Waals surface area (Å²) in [4.78, 5) is 9.30. The third-order valence-electron chi connectivity index (χ3n) is 6.66. The minimum Gasteiger partial charge on any atom is -0.494 e. The molecule has 5 nitrogen and oxygen atoms in total. The largest absolute Gasteiger partial charge is 0.494 e. The fraction of sp³-hybridized carbons (Fsp3) is 0.345. The van der Waals surface area contributed by atoms with Crippen molar-refractivity contribution in [3.8, 4) is 5.75 Å². The highest BCUT2D eigenvalue weighted by Crippen LogP contribution is 2.33. The van der Waals surface area contributed by atoms with Crippen LogP contribution in [0.25, 0.3) is 10.2 Å². The van der Waals surface area contributed by atoms with E-state index in [4.69, 9.17) is 4.74 Å². The first-order valence-electron chi connectivity index (χ1n) is 12.8. The van der Waals surface area contributed by atoms with Crippen LogP contribution in [0.5, 0.6) is 5.75 Å². The van der Waals surface area contributed by atoms with Crippen molar-refractivity contribution < 1.29 is 18.6 Å². The van der Waals surface area contributed by atoms with E-state index in [1.165, 1.54) is 24.3 Å². The van der Waals surface area contributed by atoms with Crippen molar-refractivity contribution in [2.75, 3.05) is 45.1 Å². The van der Waals surface area contributed by atoms with Gasteiger partial charge in [0.05, 0.1) is 29.0 Å². The third kappa shape index (κ3) is 6.71. The zero-order chi connectivity index (χ0) is 26.5. The number of aliphatic hydroxyl groups is 1. The van der Waals surface area contributed by atoms with E-state index in [-0.39, 0.29) is 17.7 Å². The minimum absolute atomic E-state index is 0.0823. The third-order valence-corrected chi connectivity index (χ3v) is 8.97. The molecule has 2 heterocycles. The van der Waals surface area contributed by atoms with E-state index in [9.17, 15) is 13.9 Å². The number of aliphatic hydroxyl groups excluding tert-OH is 1. The van der Waals surface area contributed by atoms with Crippen molar-refractivity contribution in [3.05, 3.63) is 89.5 Å². The van der Waals surface area contributed by atoms with E-state index < -0.39 is 6.10 Å². The number of thioether (sulfide) groups is 1. The lowest BCUT2D eigenvalue weighted by molar-refractivity contribution is 0.0708. The summed E-state index contributed by atoms with van der Waals surface area (Å²) >= 11 is 3.20. The van der Waals surface area contributed by atoms with Crippen LogP contribution >= 0.6 is 23.1 Å². The van der Waals surface area contributed by atoms with Gasteiger partial charge in [-0.2, -0.15) is 0 Å². The molecule has 1 N–H and O–H groups in total. The van der Waals surface area contributed by atoms with E-state index in [2.05, 4.69) is 14.8 Å². The number of piperazine rings is 1. The first-order chi connectivity index (χ1) is 18.5. The molecule has 0 radical (unpaired) electrons. The number of aromatic nitrogens is 1. The minimum atomic E-state index is -0.470. The summed E-state index contributed by atoms with van der Waals surface area (Å²) in [6.07, 6.45) is -0.470. The number of hydrogen-bond acceptors (Lipinski definition) is 7. The van der Waals surface area contributed by atoms with Gasteiger partial charge in [-0.25, -0.2) is 13.8 Å². The Labute approximate surface area is 230 Å². The van der Waals surface area contributed by atoms with E-state index in [0.717, 1.165) is 57.6 Å². The number of rotatable bonds is 10. The van der Waals surface area contributed by atoms with Gasteiger partial charge in [0, 0.05) is 38.5 Å². The lowest BCUT2D eigenvalue weighted by Gasteiger charge is -2.40. The quantitative estimate of drug-likeness (QED) is 0.249. The number of fused-ring (bicyclic) bond motifs is 1. The van der Waals surface area contributed by atoms with Crippen LogP contribution < -0.4 is 4.74 Å². The Kier molecular flexibility index (Phi) is 8.91. The summed E-state index contributed by atoms with van der Waals surface area (Å²) in [5.41, 5.74) is 2.91. The van der Waals surface area contributed by atoms with Gasteiger partial charge >= 0.3 is 0 Å². The topological polar surface area (TPSA) is 48.8 Å². The SMILES string of the molecule is CCOc1ccc2nc(SCC(O)CN3CCN(C(c4ccc(F)cc4)c4ccc(F)cc4)CC3)sc2c1.